The number of benzene rings is 2. The van der Waals surface area contributed by atoms with Crippen LogP contribution in [0.1, 0.15) is 55.3 Å². The van der Waals surface area contributed by atoms with Gasteiger partial charge in [-0.05, 0) is 68.6 Å². The maximum atomic E-state index is 13.7. The van der Waals surface area contributed by atoms with Crippen molar-refractivity contribution in [2.75, 3.05) is 18.5 Å². The second-order valence-electron chi connectivity index (χ2n) is 11.0. The van der Waals surface area contributed by atoms with Crippen molar-refractivity contribution in [3.8, 4) is 0 Å². The number of halogens is 4. The number of rotatable bonds is 8. The van der Waals surface area contributed by atoms with Crippen LogP contribution in [0.4, 0.5) is 18.9 Å². The van der Waals surface area contributed by atoms with E-state index >= 15 is 0 Å². The highest BCUT2D eigenvalue weighted by Gasteiger charge is 2.55. The topological polar surface area (TPSA) is 110 Å². The minimum Gasteiger partial charge on any atom is -0.389 e. The quantitative estimate of drug-likeness (QED) is 0.409. The second kappa shape index (κ2) is 11.1. The van der Waals surface area contributed by atoms with Crippen LogP contribution in [0.25, 0.3) is 0 Å². The summed E-state index contributed by atoms with van der Waals surface area (Å²) in [4.78, 5) is 25.1. The van der Waals surface area contributed by atoms with Gasteiger partial charge in [0.2, 0.25) is 0 Å². The van der Waals surface area contributed by atoms with Crippen LogP contribution in [-0.4, -0.2) is 49.3 Å². The maximum absolute atomic E-state index is 13.7. The Morgan fingerprint density at radius 2 is 1.70 bits per heavy atom. The fourth-order valence-electron chi connectivity index (χ4n) is 6.46. The first-order chi connectivity index (χ1) is 18.9. The molecule has 1 heterocycles. The lowest BCUT2D eigenvalue weighted by Crippen LogP contribution is -2.48. The lowest BCUT2D eigenvalue weighted by Gasteiger charge is -2.42. The zero-order valence-electron chi connectivity index (χ0n) is 21.5. The van der Waals surface area contributed by atoms with E-state index in [0.717, 1.165) is 6.07 Å². The summed E-state index contributed by atoms with van der Waals surface area (Å²) in [6, 6.07) is 4.84. The molecule has 2 aromatic carbocycles. The summed E-state index contributed by atoms with van der Waals surface area (Å²) in [5.74, 6) is -6.20. The fraction of sp³-hybridized carbons (Fsp3) is 0.500. The Hall–Kier alpha value is -2.47. The average Bonchev–Trinajstić information content (AvgIpc) is 3.48. The second-order valence-corrected chi connectivity index (χ2v) is 13.6. The van der Waals surface area contributed by atoms with Gasteiger partial charge in [-0.25, -0.2) is 21.6 Å². The number of fused-ring (bicyclic) bond motifs is 2. The molecule has 216 valence electrons. The van der Waals surface area contributed by atoms with Gasteiger partial charge in [-0.1, -0.05) is 11.6 Å². The Balaban J connectivity index is 1.31. The van der Waals surface area contributed by atoms with Crippen molar-refractivity contribution in [1.29, 1.82) is 0 Å². The number of carbonyl (C=O) groups is 2. The van der Waals surface area contributed by atoms with E-state index in [4.69, 9.17) is 16.3 Å². The van der Waals surface area contributed by atoms with Crippen LogP contribution in [0.15, 0.2) is 35.2 Å². The Morgan fingerprint density at radius 1 is 1.05 bits per heavy atom. The maximum Gasteiger partial charge on any atom is 0.255 e. The van der Waals surface area contributed by atoms with Crippen molar-refractivity contribution in [1.82, 2.24) is 0 Å². The molecular formula is C28H29ClF3NO6S. The van der Waals surface area contributed by atoms with Gasteiger partial charge in [0, 0.05) is 42.3 Å². The fourth-order valence-corrected chi connectivity index (χ4v) is 8.86. The number of ketones is 1. The highest BCUT2D eigenvalue weighted by molar-refractivity contribution is 7.92. The third-order valence-electron chi connectivity index (χ3n) is 8.71. The molecule has 12 heteroatoms. The molecule has 3 aliphatic rings. The van der Waals surface area contributed by atoms with E-state index in [1.54, 1.807) is 0 Å². The molecule has 2 N–H and O–H groups in total. The molecule has 2 saturated carbocycles. The van der Waals surface area contributed by atoms with E-state index in [1.807, 2.05) is 0 Å². The van der Waals surface area contributed by atoms with Crippen LogP contribution in [0.2, 0.25) is 5.02 Å². The largest absolute Gasteiger partial charge is 0.389 e. The summed E-state index contributed by atoms with van der Waals surface area (Å²) < 4.78 is 73.1. The number of ether oxygens (including phenoxy) is 1. The van der Waals surface area contributed by atoms with Gasteiger partial charge in [-0.15, -0.1) is 0 Å². The molecular weight excluding hydrogens is 571 g/mol. The summed E-state index contributed by atoms with van der Waals surface area (Å²) >= 11 is 6.27. The molecule has 0 spiro atoms. The normalized spacial score (nSPS) is 28.0. The highest BCUT2D eigenvalue weighted by atomic mass is 35.5. The van der Waals surface area contributed by atoms with Gasteiger partial charge < -0.3 is 15.2 Å². The summed E-state index contributed by atoms with van der Waals surface area (Å²) in [6.45, 7) is 0.959. The number of anilines is 1. The van der Waals surface area contributed by atoms with E-state index in [9.17, 15) is 36.3 Å². The molecule has 2 bridgehead atoms. The average molecular weight is 600 g/mol. The van der Waals surface area contributed by atoms with Crippen molar-refractivity contribution < 1.29 is 41.0 Å². The van der Waals surface area contributed by atoms with Gasteiger partial charge in [0.15, 0.2) is 27.3 Å². The molecule has 7 nitrogen and oxygen atoms in total. The van der Waals surface area contributed by atoms with E-state index in [2.05, 4.69) is 5.32 Å². The summed E-state index contributed by atoms with van der Waals surface area (Å²) in [5, 5.41) is 12.8. The molecule has 40 heavy (non-hydrogen) atoms. The van der Waals surface area contributed by atoms with E-state index in [1.165, 1.54) is 12.1 Å². The number of hydrogen-bond donors (Lipinski definition) is 2. The van der Waals surface area contributed by atoms with Crippen LogP contribution >= 0.6 is 11.6 Å². The molecule has 1 saturated heterocycles. The van der Waals surface area contributed by atoms with E-state index in [-0.39, 0.29) is 70.4 Å². The summed E-state index contributed by atoms with van der Waals surface area (Å²) in [6.07, 6.45) is 2.86. The number of sulfone groups is 1. The first-order valence-electron chi connectivity index (χ1n) is 13.2. The molecule has 2 aromatic rings. The van der Waals surface area contributed by atoms with E-state index in [0.29, 0.717) is 44.6 Å². The van der Waals surface area contributed by atoms with Crippen molar-refractivity contribution in [3.63, 3.8) is 0 Å². The molecule has 1 aliphatic heterocycles. The van der Waals surface area contributed by atoms with Gasteiger partial charge in [0.05, 0.1) is 27.4 Å². The lowest BCUT2D eigenvalue weighted by atomic mass is 9.71. The SMILES string of the molecule is O=C(Nc1cc(F)c(F)c(F)c1)c1ccc(Cl)c(S(=O)(=O)C2CC3CC[C@@H](C2)C3(O)CCC(=O)C2CCOC2)c1. The van der Waals surface area contributed by atoms with Crippen LogP contribution in [0.5, 0.6) is 0 Å². The summed E-state index contributed by atoms with van der Waals surface area (Å²) in [5.41, 5.74) is -1.59. The van der Waals surface area contributed by atoms with Gasteiger partial charge in [-0.3, -0.25) is 9.59 Å². The predicted molar refractivity (Wildman–Crippen MR) is 140 cm³/mol. The standard InChI is InChI=1S/C28H29ClF3NO6S/c29-21-4-1-15(27(35)33-19-12-22(30)26(32)23(31)13-19)9-25(21)40(37,38)20-10-17-2-3-18(11-20)28(17,36)7-5-24(34)16-6-8-39-14-16/h1,4,9,12-13,16-18,20,36H,2-3,5-8,10-11,14H2,(H,33,35)/t16?,17-,18?,20?,28?/m0/s1. The number of carbonyl (C=O) groups excluding carboxylic acids is 2. The molecule has 2 aliphatic carbocycles. The Labute approximate surface area is 235 Å². The van der Waals surface area contributed by atoms with Crippen molar-refractivity contribution in [3.05, 3.63) is 58.4 Å². The Bertz CT molecular complexity index is 1410. The van der Waals surface area contributed by atoms with Crippen molar-refractivity contribution in [2.24, 2.45) is 17.8 Å². The number of Topliss-reactive ketones (excluding diaryl/α,β-unsaturated/α-hetero) is 1. The number of amides is 1. The van der Waals surface area contributed by atoms with Crippen LogP contribution in [0, 0.1) is 35.2 Å². The van der Waals surface area contributed by atoms with E-state index < -0.39 is 44.0 Å². The first-order valence-corrected chi connectivity index (χ1v) is 15.1. The third kappa shape index (κ3) is 5.41. The number of aliphatic hydroxyl groups is 1. The molecule has 3 fully saturated rings. The zero-order chi connectivity index (χ0) is 28.8. The number of hydrogen-bond acceptors (Lipinski definition) is 6. The lowest BCUT2D eigenvalue weighted by molar-refractivity contribution is -0.126. The Morgan fingerprint density at radius 3 is 2.30 bits per heavy atom. The van der Waals surface area contributed by atoms with Crippen LogP contribution in [0.3, 0.4) is 0 Å². The zero-order valence-corrected chi connectivity index (χ0v) is 23.0. The molecule has 5 atom stereocenters. The van der Waals surface area contributed by atoms with Crippen molar-refractivity contribution >= 4 is 38.8 Å². The highest BCUT2D eigenvalue weighted by Crippen LogP contribution is 2.54. The molecule has 4 unspecified atom stereocenters. The third-order valence-corrected chi connectivity index (χ3v) is 11.4. The number of nitrogens with one attached hydrogen (secondary N) is 1. The van der Waals surface area contributed by atoms with Gasteiger partial charge in [0.1, 0.15) is 5.78 Å². The molecule has 0 radical (unpaired) electrons. The first kappa shape index (κ1) is 29.0. The smallest absolute Gasteiger partial charge is 0.255 e. The van der Waals surface area contributed by atoms with Gasteiger partial charge >= 0.3 is 0 Å². The van der Waals surface area contributed by atoms with Gasteiger partial charge in [-0.2, -0.15) is 0 Å². The van der Waals surface area contributed by atoms with Crippen LogP contribution in [-0.2, 0) is 19.4 Å². The molecule has 0 aromatic heterocycles. The van der Waals surface area contributed by atoms with Gasteiger partial charge in [0.25, 0.3) is 5.91 Å². The minimum absolute atomic E-state index is 0.0630. The molecule has 5 rings (SSSR count). The van der Waals surface area contributed by atoms with Crippen LogP contribution < -0.4 is 5.32 Å². The summed E-state index contributed by atoms with van der Waals surface area (Å²) in [7, 11) is -4.04. The predicted octanol–water partition coefficient (Wildman–Crippen LogP) is 5.09. The monoisotopic (exact) mass is 599 g/mol. The Kier molecular flexibility index (Phi) is 8.04. The van der Waals surface area contributed by atoms with Crippen molar-refractivity contribution in [2.45, 2.75) is 60.7 Å². The molecule has 1 amide bonds. The minimum atomic E-state index is -4.04.